The van der Waals surface area contributed by atoms with E-state index in [4.69, 9.17) is 10.5 Å². The summed E-state index contributed by atoms with van der Waals surface area (Å²) >= 11 is 3.41. The van der Waals surface area contributed by atoms with Gasteiger partial charge >= 0.3 is 0 Å². The van der Waals surface area contributed by atoms with Gasteiger partial charge in [0.15, 0.2) is 0 Å². The second-order valence-corrected chi connectivity index (χ2v) is 4.66. The minimum Gasteiger partial charge on any atom is -0.380 e. The summed E-state index contributed by atoms with van der Waals surface area (Å²) in [6.07, 6.45) is 0.0359. The van der Waals surface area contributed by atoms with Crippen LogP contribution in [0.3, 0.4) is 0 Å². The molecule has 0 saturated carbocycles. The Morgan fingerprint density at radius 3 is 2.72 bits per heavy atom. The van der Waals surface area contributed by atoms with Gasteiger partial charge in [-0.3, -0.25) is 4.79 Å². The second kappa shape index (κ2) is 8.48. The minimum atomic E-state index is -0.230. The molecular weight excluding hydrogens is 320 g/mol. The first-order valence-electron chi connectivity index (χ1n) is 5.35. The van der Waals surface area contributed by atoms with Crippen LogP contribution in [0, 0.1) is 6.92 Å². The van der Waals surface area contributed by atoms with Gasteiger partial charge in [0, 0.05) is 23.8 Å². The van der Waals surface area contributed by atoms with E-state index in [0.717, 1.165) is 15.7 Å². The lowest BCUT2D eigenvalue weighted by Gasteiger charge is -2.13. The monoisotopic (exact) mass is 336 g/mol. The highest BCUT2D eigenvalue weighted by atomic mass is 79.9. The van der Waals surface area contributed by atoms with E-state index >= 15 is 0 Å². The van der Waals surface area contributed by atoms with Gasteiger partial charge in [0.25, 0.3) is 0 Å². The van der Waals surface area contributed by atoms with E-state index in [9.17, 15) is 4.79 Å². The predicted molar refractivity (Wildman–Crippen MR) is 79.2 cm³/mol. The number of hydrogen-bond donors (Lipinski definition) is 2. The van der Waals surface area contributed by atoms with Crippen LogP contribution in [0.2, 0.25) is 0 Å². The fourth-order valence-electron chi connectivity index (χ4n) is 1.40. The Labute approximate surface area is 122 Å². The van der Waals surface area contributed by atoms with Crippen LogP contribution < -0.4 is 11.1 Å². The number of carbonyl (C=O) groups excluding carboxylic acids is 1. The molecule has 6 heteroatoms. The quantitative estimate of drug-likeness (QED) is 0.867. The van der Waals surface area contributed by atoms with Crippen LogP contribution in [0.4, 0.5) is 5.69 Å². The predicted octanol–water partition coefficient (Wildman–Crippen LogP) is 2.48. The van der Waals surface area contributed by atoms with Gasteiger partial charge < -0.3 is 15.8 Å². The molecule has 0 aliphatic carbocycles. The number of hydrogen-bond acceptors (Lipinski definition) is 3. The summed E-state index contributed by atoms with van der Waals surface area (Å²) in [5, 5.41) is 2.81. The number of carbonyl (C=O) groups is 1. The fourth-order valence-corrected chi connectivity index (χ4v) is 1.65. The minimum absolute atomic E-state index is 0. The van der Waals surface area contributed by atoms with E-state index in [1.165, 1.54) is 0 Å². The number of anilines is 1. The average Bonchev–Trinajstić information content (AvgIpc) is 2.31. The smallest absolute Gasteiger partial charge is 0.227 e. The van der Waals surface area contributed by atoms with Gasteiger partial charge in [-0.25, -0.2) is 0 Å². The van der Waals surface area contributed by atoms with Gasteiger partial charge in [0.2, 0.25) is 5.91 Å². The van der Waals surface area contributed by atoms with E-state index in [1.54, 1.807) is 7.11 Å². The Kier molecular flexibility index (Phi) is 8.18. The van der Waals surface area contributed by atoms with Crippen LogP contribution >= 0.6 is 28.3 Å². The van der Waals surface area contributed by atoms with Crippen molar-refractivity contribution in [3.8, 4) is 0 Å². The summed E-state index contributed by atoms with van der Waals surface area (Å²) < 4.78 is 6.08. The van der Waals surface area contributed by atoms with E-state index in [2.05, 4.69) is 21.2 Å². The highest BCUT2D eigenvalue weighted by Gasteiger charge is 2.11. The van der Waals surface area contributed by atoms with Crippen molar-refractivity contribution in [1.29, 1.82) is 0 Å². The van der Waals surface area contributed by atoms with E-state index in [0.29, 0.717) is 6.54 Å². The number of rotatable bonds is 5. The first kappa shape index (κ1) is 17.4. The number of amides is 1. The van der Waals surface area contributed by atoms with Gasteiger partial charge in [0.1, 0.15) is 0 Å². The molecule has 18 heavy (non-hydrogen) atoms. The zero-order valence-corrected chi connectivity index (χ0v) is 12.8. The Hall–Kier alpha value is -0.620. The lowest BCUT2D eigenvalue weighted by Crippen LogP contribution is -2.28. The van der Waals surface area contributed by atoms with Crippen molar-refractivity contribution in [1.82, 2.24) is 0 Å². The maximum atomic E-state index is 11.7. The van der Waals surface area contributed by atoms with Gasteiger partial charge in [-0.2, -0.15) is 0 Å². The van der Waals surface area contributed by atoms with E-state index < -0.39 is 0 Å². The van der Waals surface area contributed by atoms with Crippen LogP contribution in [0.5, 0.6) is 0 Å². The molecule has 1 rings (SSSR count). The molecule has 3 N–H and O–H groups in total. The van der Waals surface area contributed by atoms with Gasteiger partial charge in [0.05, 0.1) is 12.5 Å². The molecule has 102 valence electrons. The topological polar surface area (TPSA) is 64.3 Å². The zero-order chi connectivity index (χ0) is 12.8. The summed E-state index contributed by atoms with van der Waals surface area (Å²) in [4.78, 5) is 11.7. The Morgan fingerprint density at radius 2 is 2.22 bits per heavy atom. The van der Waals surface area contributed by atoms with Crippen LogP contribution in [-0.2, 0) is 9.53 Å². The summed E-state index contributed by atoms with van der Waals surface area (Å²) in [6.45, 7) is 2.31. The first-order chi connectivity index (χ1) is 8.06. The van der Waals surface area contributed by atoms with Crippen LogP contribution in [-0.4, -0.2) is 25.7 Å². The van der Waals surface area contributed by atoms with Crippen molar-refractivity contribution in [2.75, 3.05) is 19.0 Å². The van der Waals surface area contributed by atoms with Gasteiger partial charge in [-0.15, -0.1) is 12.4 Å². The molecule has 0 spiro atoms. The number of nitrogens with one attached hydrogen (secondary N) is 1. The third-order valence-corrected chi connectivity index (χ3v) is 3.34. The molecule has 0 aromatic heterocycles. The molecule has 1 aromatic carbocycles. The molecule has 0 aliphatic heterocycles. The van der Waals surface area contributed by atoms with Gasteiger partial charge in [-0.05, 0) is 30.7 Å². The Bertz CT molecular complexity index is 398. The standard InChI is InChI=1S/C12H17BrN2O2.ClH/c1-8-5-9(3-4-11(8)13)15-12(16)6-10(7-14)17-2;/h3-5,10H,6-7,14H2,1-2H3,(H,15,16);1H. The number of aryl methyl sites for hydroxylation is 1. The molecule has 1 atom stereocenters. The van der Waals surface area contributed by atoms with Crippen molar-refractivity contribution in [2.45, 2.75) is 19.4 Å². The Balaban J connectivity index is 0.00000289. The third kappa shape index (κ3) is 5.35. The number of methoxy groups -OCH3 is 1. The molecule has 1 aromatic rings. The lowest BCUT2D eigenvalue weighted by atomic mass is 10.2. The maximum absolute atomic E-state index is 11.7. The van der Waals surface area contributed by atoms with Crippen molar-refractivity contribution in [3.63, 3.8) is 0 Å². The largest absolute Gasteiger partial charge is 0.380 e. The number of halogens is 2. The van der Waals surface area contributed by atoms with E-state index in [-0.39, 0.29) is 30.8 Å². The zero-order valence-electron chi connectivity index (χ0n) is 10.4. The highest BCUT2D eigenvalue weighted by molar-refractivity contribution is 9.10. The van der Waals surface area contributed by atoms with Crippen molar-refractivity contribution < 1.29 is 9.53 Å². The number of benzene rings is 1. The fraction of sp³-hybridized carbons (Fsp3) is 0.417. The highest BCUT2D eigenvalue weighted by Crippen LogP contribution is 2.20. The van der Waals surface area contributed by atoms with Gasteiger partial charge in [-0.1, -0.05) is 15.9 Å². The molecule has 1 amide bonds. The normalized spacial score (nSPS) is 11.6. The maximum Gasteiger partial charge on any atom is 0.227 e. The van der Waals surface area contributed by atoms with Crippen LogP contribution in [0.15, 0.2) is 22.7 Å². The molecule has 0 fully saturated rings. The first-order valence-corrected chi connectivity index (χ1v) is 6.15. The molecule has 4 nitrogen and oxygen atoms in total. The summed E-state index contributed by atoms with van der Waals surface area (Å²) in [6, 6.07) is 5.66. The van der Waals surface area contributed by atoms with Crippen LogP contribution in [0.1, 0.15) is 12.0 Å². The second-order valence-electron chi connectivity index (χ2n) is 3.81. The molecule has 0 radical (unpaired) electrons. The molecule has 0 bridgehead atoms. The lowest BCUT2D eigenvalue weighted by molar-refractivity contribution is -0.118. The van der Waals surface area contributed by atoms with E-state index in [1.807, 2.05) is 25.1 Å². The van der Waals surface area contributed by atoms with Crippen molar-refractivity contribution in [3.05, 3.63) is 28.2 Å². The number of ether oxygens (including phenoxy) is 1. The molecule has 0 saturated heterocycles. The van der Waals surface area contributed by atoms with Crippen molar-refractivity contribution in [2.24, 2.45) is 5.73 Å². The summed E-state index contributed by atoms with van der Waals surface area (Å²) in [7, 11) is 1.55. The summed E-state index contributed by atoms with van der Waals surface area (Å²) in [5.41, 5.74) is 7.31. The van der Waals surface area contributed by atoms with Crippen molar-refractivity contribution >= 4 is 39.9 Å². The molecular formula is C12H18BrClN2O2. The Morgan fingerprint density at radius 1 is 1.56 bits per heavy atom. The average molecular weight is 338 g/mol. The molecule has 0 heterocycles. The molecule has 0 aliphatic rings. The molecule has 1 unspecified atom stereocenters. The summed E-state index contributed by atoms with van der Waals surface area (Å²) in [5.74, 6) is -0.0935. The van der Waals surface area contributed by atoms with Crippen LogP contribution in [0.25, 0.3) is 0 Å². The number of nitrogens with two attached hydrogens (primary N) is 1. The SMILES string of the molecule is COC(CN)CC(=O)Nc1ccc(Br)c(C)c1.Cl. The third-order valence-electron chi connectivity index (χ3n) is 2.45.